The van der Waals surface area contributed by atoms with Crippen molar-refractivity contribution in [3.8, 4) is 16.9 Å². The van der Waals surface area contributed by atoms with Crippen LogP contribution in [0.4, 0.5) is 0 Å². The predicted molar refractivity (Wildman–Crippen MR) is 69.0 cm³/mol. The van der Waals surface area contributed by atoms with Gasteiger partial charge in [-0.2, -0.15) is 0 Å². The first kappa shape index (κ1) is 12.2. The number of hydrogen-bond donors (Lipinski definition) is 2. The van der Waals surface area contributed by atoms with E-state index in [9.17, 15) is 4.79 Å². The summed E-state index contributed by atoms with van der Waals surface area (Å²) in [5.74, 6) is -0.231. The van der Waals surface area contributed by atoms with Gasteiger partial charge in [-0.25, -0.2) is 4.79 Å². The maximum absolute atomic E-state index is 11.1. The fourth-order valence-electron chi connectivity index (χ4n) is 1.80. The molecule has 0 bridgehead atoms. The Labute approximate surface area is 105 Å². The molecular weight excluding hydrogens is 230 g/mol. The molecule has 18 heavy (non-hydrogen) atoms. The van der Waals surface area contributed by atoms with Crippen LogP contribution in [0.15, 0.2) is 36.5 Å². The van der Waals surface area contributed by atoms with Gasteiger partial charge in [0.05, 0.1) is 6.10 Å². The van der Waals surface area contributed by atoms with Crippen molar-refractivity contribution in [3.05, 3.63) is 42.2 Å². The lowest BCUT2D eigenvalue weighted by Crippen LogP contribution is -2.05. The minimum atomic E-state index is -0.967. The summed E-state index contributed by atoms with van der Waals surface area (Å²) >= 11 is 0. The highest BCUT2D eigenvalue weighted by Crippen LogP contribution is 2.27. The first-order chi connectivity index (χ1) is 8.58. The smallest absolute Gasteiger partial charge is 0.352 e. The summed E-state index contributed by atoms with van der Waals surface area (Å²) in [4.78, 5) is 13.8. The van der Waals surface area contributed by atoms with Crippen LogP contribution < -0.4 is 4.74 Å². The quantitative estimate of drug-likeness (QED) is 0.869. The van der Waals surface area contributed by atoms with Crippen LogP contribution in [0.3, 0.4) is 0 Å². The zero-order valence-corrected chi connectivity index (χ0v) is 10.3. The van der Waals surface area contributed by atoms with E-state index in [4.69, 9.17) is 9.84 Å². The molecule has 0 aliphatic carbocycles. The van der Waals surface area contributed by atoms with Gasteiger partial charge in [-0.3, -0.25) is 0 Å². The second-order valence-electron chi connectivity index (χ2n) is 4.27. The van der Waals surface area contributed by atoms with Crippen molar-refractivity contribution in [1.82, 2.24) is 4.98 Å². The van der Waals surface area contributed by atoms with Crippen LogP contribution in [0.1, 0.15) is 24.3 Å². The van der Waals surface area contributed by atoms with Gasteiger partial charge in [-0.05, 0) is 37.6 Å². The Balaban J connectivity index is 2.38. The second kappa shape index (κ2) is 4.96. The normalized spacial score (nSPS) is 10.6. The van der Waals surface area contributed by atoms with Crippen LogP contribution in [0.2, 0.25) is 0 Å². The van der Waals surface area contributed by atoms with Gasteiger partial charge in [0.2, 0.25) is 0 Å². The van der Waals surface area contributed by atoms with Crippen LogP contribution in [-0.4, -0.2) is 22.2 Å². The van der Waals surface area contributed by atoms with Gasteiger partial charge < -0.3 is 14.8 Å². The molecule has 1 heterocycles. The van der Waals surface area contributed by atoms with Crippen LogP contribution in [0.5, 0.6) is 5.75 Å². The molecule has 1 aromatic heterocycles. The summed E-state index contributed by atoms with van der Waals surface area (Å²) in [6, 6.07) is 9.17. The number of nitrogens with one attached hydrogen (secondary N) is 1. The first-order valence-electron chi connectivity index (χ1n) is 5.75. The van der Waals surface area contributed by atoms with Crippen molar-refractivity contribution < 1.29 is 14.6 Å². The average Bonchev–Trinajstić information content (AvgIpc) is 2.77. The number of benzene rings is 1. The molecule has 94 valence electrons. The number of ether oxygens (including phenoxy) is 1. The van der Waals surface area contributed by atoms with E-state index >= 15 is 0 Å². The zero-order chi connectivity index (χ0) is 13.1. The number of carboxylic acids is 1. The van der Waals surface area contributed by atoms with Crippen LogP contribution >= 0.6 is 0 Å². The molecule has 2 N–H and O–H groups in total. The Bertz CT molecular complexity index is 558. The van der Waals surface area contributed by atoms with Crippen LogP contribution in [-0.2, 0) is 0 Å². The van der Waals surface area contributed by atoms with E-state index < -0.39 is 5.97 Å². The van der Waals surface area contributed by atoms with Crippen molar-refractivity contribution in [3.63, 3.8) is 0 Å². The second-order valence-corrected chi connectivity index (χ2v) is 4.27. The molecule has 0 unspecified atom stereocenters. The Morgan fingerprint density at radius 3 is 2.78 bits per heavy atom. The highest BCUT2D eigenvalue weighted by molar-refractivity contribution is 5.94. The number of aromatic nitrogens is 1. The van der Waals surface area contributed by atoms with Gasteiger partial charge in [-0.15, -0.1) is 0 Å². The molecule has 2 aromatic rings. The van der Waals surface area contributed by atoms with Gasteiger partial charge in [0.25, 0.3) is 0 Å². The fourth-order valence-corrected chi connectivity index (χ4v) is 1.80. The highest BCUT2D eigenvalue weighted by atomic mass is 16.5. The SMILES string of the molecule is CC(C)Oc1cccc(-c2cc[nH]c2C(=O)O)c1. The van der Waals surface area contributed by atoms with Crippen molar-refractivity contribution in [2.75, 3.05) is 0 Å². The Morgan fingerprint density at radius 2 is 2.11 bits per heavy atom. The van der Waals surface area contributed by atoms with Gasteiger partial charge in [0.1, 0.15) is 11.4 Å². The molecule has 0 aliphatic heterocycles. The van der Waals surface area contributed by atoms with Crippen LogP contribution in [0, 0.1) is 0 Å². The molecule has 0 radical (unpaired) electrons. The molecule has 1 aromatic carbocycles. The molecule has 4 heteroatoms. The topological polar surface area (TPSA) is 62.3 Å². The average molecular weight is 245 g/mol. The summed E-state index contributed by atoms with van der Waals surface area (Å²) in [5, 5.41) is 9.07. The number of rotatable bonds is 4. The summed E-state index contributed by atoms with van der Waals surface area (Å²) in [6.45, 7) is 3.90. The van der Waals surface area contributed by atoms with E-state index in [1.807, 2.05) is 38.1 Å². The van der Waals surface area contributed by atoms with Gasteiger partial charge >= 0.3 is 5.97 Å². The number of carbonyl (C=O) groups is 1. The van der Waals surface area contributed by atoms with Crippen molar-refractivity contribution >= 4 is 5.97 Å². The third-order valence-electron chi connectivity index (χ3n) is 2.48. The molecule has 4 nitrogen and oxygen atoms in total. The van der Waals surface area contributed by atoms with E-state index in [0.29, 0.717) is 5.56 Å². The lowest BCUT2D eigenvalue weighted by molar-refractivity contribution is 0.0692. The number of hydrogen-bond acceptors (Lipinski definition) is 2. The molecule has 0 aliphatic rings. The molecule has 0 saturated heterocycles. The standard InChI is InChI=1S/C14H15NO3/c1-9(2)18-11-5-3-4-10(8-11)12-6-7-15-13(12)14(16)17/h3-9,15H,1-2H3,(H,16,17). The predicted octanol–water partition coefficient (Wildman–Crippen LogP) is 3.17. The summed E-state index contributed by atoms with van der Waals surface area (Å²) in [7, 11) is 0. The van der Waals surface area contributed by atoms with E-state index in [1.54, 1.807) is 12.3 Å². The maximum Gasteiger partial charge on any atom is 0.352 e. The van der Waals surface area contributed by atoms with Gasteiger partial charge in [-0.1, -0.05) is 12.1 Å². The highest BCUT2D eigenvalue weighted by Gasteiger charge is 2.13. The Morgan fingerprint density at radius 1 is 1.33 bits per heavy atom. The first-order valence-corrected chi connectivity index (χ1v) is 5.75. The lowest BCUT2D eigenvalue weighted by Gasteiger charge is -2.10. The molecule has 0 saturated carbocycles. The van der Waals surface area contributed by atoms with Crippen LogP contribution in [0.25, 0.3) is 11.1 Å². The van der Waals surface area contributed by atoms with E-state index in [0.717, 1.165) is 11.3 Å². The van der Waals surface area contributed by atoms with Crippen molar-refractivity contribution in [2.24, 2.45) is 0 Å². The third-order valence-corrected chi connectivity index (χ3v) is 2.48. The molecule has 0 fully saturated rings. The number of H-pyrrole nitrogens is 1. The fraction of sp³-hybridized carbons (Fsp3) is 0.214. The van der Waals surface area contributed by atoms with Gasteiger partial charge in [0.15, 0.2) is 0 Å². The summed E-state index contributed by atoms with van der Waals surface area (Å²) in [6.07, 6.45) is 1.71. The molecule has 0 amide bonds. The number of carboxylic acid groups (broad SMARTS) is 1. The maximum atomic E-state index is 11.1. The van der Waals surface area contributed by atoms with E-state index in [2.05, 4.69) is 4.98 Å². The number of aromatic amines is 1. The Kier molecular flexibility index (Phi) is 3.37. The van der Waals surface area contributed by atoms with Crippen molar-refractivity contribution in [2.45, 2.75) is 20.0 Å². The lowest BCUT2D eigenvalue weighted by atomic mass is 10.1. The number of aromatic carboxylic acids is 1. The Hall–Kier alpha value is -2.23. The molecule has 2 rings (SSSR count). The van der Waals surface area contributed by atoms with E-state index in [1.165, 1.54) is 0 Å². The molecule has 0 spiro atoms. The molecule has 0 atom stereocenters. The third kappa shape index (κ3) is 2.53. The molecular formula is C14H15NO3. The minimum Gasteiger partial charge on any atom is -0.491 e. The summed E-state index contributed by atoms with van der Waals surface area (Å²) < 4.78 is 5.60. The van der Waals surface area contributed by atoms with Gasteiger partial charge in [0, 0.05) is 11.8 Å². The largest absolute Gasteiger partial charge is 0.491 e. The monoisotopic (exact) mass is 245 g/mol. The summed E-state index contributed by atoms with van der Waals surface area (Å²) in [5.41, 5.74) is 1.68. The zero-order valence-electron chi connectivity index (χ0n) is 10.3. The van der Waals surface area contributed by atoms with Crippen molar-refractivity contribution in [1.29, 1.82) is 0 Å². The van der Waals surface area contributed by atoms with E-state index in [-0.39, 0.29) is 11.8 Å². The minimum absolute atomic E-state index is 0.0884.